The van der Waals surface area contributed by atoms with Crippen LogP contribution in [0.4, 0.5) is 5.69 Å². The first-order valence-corrected chi connectivity index (χ1v) is 8.70. The van der Waals surface area contributed by atoms with E-state index in [0.717, 1.165) is 0 Å². The van der Waals surface area contributed by atoms with E-state index >= 15 is 0 Å². The van der Waals surface area contributed by atoms with E-state index in [1.165, 1.54) is 6.92 Å². The number of Topliss-reactive ketones (excluding diaryl/α,β-unsaturated/α-hetero) is 2. The standard InChI is InChI=1S/C19H23NO7/c1-8-13(23)6-10-5-11(3-4-12(10)15(8)9(2)22)20-16-18(25)17(24)14(7-21)27-19(16)26/h3-5,14,16-21,24-26H,6-7H2,1-2H3/t14?,16?,17-,18-,19-/m0/s1. The molecule has 0 saturated carbocycles. The smallest absolute Gasteiger partial charge is 0.178 e. The van der Waals surface area contributed by atoms with Crippen LogP contribution in [0.5, 0.6) is 0 Å². The summed E-state index contributed by atoms with van der Waals surface area (Å²) in [5.74, 6) is -0.320. The second kappa shape index (κ2) is 7.49. The largest absolute Gasteiger partial charge is 0.394 e. The number of anilines is 1. The molecule has 0 aromatic heterocycles. The van der Waals surface area contributed by atoms with Gasteiger partial charge in [-0.3, -0.25) is 9.59 Å². The fourth-order valence-corrected chi connectivity index (χ4v) is 3.62. The Balaban J connectivity index is 1.88. The monoisotopic (exact) mass is 377 g/mol. The Kier molecular flexibility index (Phi) is 5.45. The molecular weight excluding hydrogens is 354 g/mol. The molecule has 1 fully saturated rings. The lowest BCUT2D eigenvalue weighted by molar-refractivity contribution is -0.245. The van der Waals surface area contributed by atoms with Crippen LogP contribution < -0.4 is 5.32 Å². The van der Waals surface area contributed by atoms with Gasteiger partial charge in [0, 0.05) is 23.3 Å². The molecule has 0 amide bonds. The summed E-state index contributed by atoms with van der Waals surface area (Å²) >= 11 is 0. The van der Waals surface area contributed by atoms with Crippen molar-refractivity contribution in [2.75, 3.05) is 11.9 Å². The fourth-order valence-electron chi connectivity index (χ4n) is 3.62. The molecule has 2 aliphatic rings. The minimum Gasteiger partial charge on any atom is -0.394 e. The average molecular weight is 377 g/mol. The molecule has 0 bridgehead atoms. The van der Waals surface area contributed by atoms with Crippen LogP contribution in [0.15, 0.2) is 23.8 Å². The molecule has 0 spiro atoms. The van der Waals surface area contributed by atoms with Gasteiger partial charge < -0.3 is 30.5 Å². The maximum atomic E-state index is 12.2. The summed E-state index contributed by atoms with van der Waals surface area (Å²) in [7, 11) is 0. The third-order valence-corrected chi connectivity index (χ3v) is 5.10. The number of aliphatic hydroxyl groups excluding tert-OH is 4. The topological polar surface area (TPSA) is 136 Å². The van der Waals surface area contributed by atoms with Crippen LogP contribution in [0.3, 0.4) is 0 Å². The molecule has 1 heterocycles. The van der Waals surface area contributed by atoms with Crippen molar-refractivity contribution in [3.8, 4) is 0 Å². The lowest BCUT2D eigenvalue weighted by Gasteiger charge is -2.40. The zero-order valence-electron chi connectivity index (χ0n) is 15.0. The molecule has 27 heavy (non-hydrogen) atoms. The lowest BCUT2D eigenvalue weighted by Crippen LogP contribution is -2.61. The molecule has 2 unspecified atom stereocenters. The van der Waals surface area contributed by atoms with Crippen LogP contribution in [0, 0.1) is 0 Å². The Bertz CT molecular complexity index is 803. The number of ketones is 2. The summed E-state index contributed by atoms with van der Waals surface area (Å²) in [6, 6.07) is 4.01. The van der Waals surface area contributed by atoms with Crippen LogP contribution >= 0.6 is 0 Å². The summed E-state index contributed by atoms with van der Waals surface area (Å²) < 4.78 is 5.12. The zero-order valence-corrected chi connectivity index (χ0v) is 15.0. The van der Waals surface area contributed by atoms with E-state index in [0.29, 0.717) is 28.0 Å². The summed E-state index contributed by atoms with van der Waals surface area (Å²) in [6.07, 6.45) is -5.13. The minimum absolute atomic E-state index is 0.132. The molecule has 5 N–H and O–H groups in total. The Morgan fingerprint density at radius 2 is 1.96 bits per heavy atom. The number of rotatable bonds is 4. The Morgan fingerprint density at radius 1 is 1.26 bits per heavy atom. The first-order valence-electron chi connectivity index (χ1n) is 8.70. The van der Waals surface area contributed by atoms with Gasteiger partial charge in [-0.05, 0) is 37.1 Å². The van der Waals surface area contributed by atoms with Gasteiger partial charge in [-0.15, -0.1) is 0 Å². The maximum Gasteiger partial charge on any atom is 0.178 e. The van der Waals surface area contributed by atoms with E-state index in [1.54, 1.807) is 25.1 Å². The van der Waals surface area contributed by atoms with Crippen molar-refractivity contribution in [1.82, 2.24) is 0 Å². The number of fused-ring (bicyclic) bond motifs is 1. The summed E-state index contributed by atoms with van der Waals surface area (Å²) in [4.78, 5) is 24.1. The van der Waals surface area contributed by atoms with E-state index in [-0.39, 0.29) is 18.0 Å². The highest BCUT2D eigenvalue weighted by Crippen LogP contribution is 2.32. The quantitative estimate of drug-likeness (QED) is 0.469. The normalized spacial score (nSPS) is 30.9. The zero-order chi connectivity index (χ0) is 19.9. The Morgan fingerprint density at radius 3 is 2.59 bits per heavy atom. The molecule has 1 aliphatic heterocycles. The van der Waals surface area contributed by atoms with Crippen molar-refractivity contribution in [2.45, 2.75) is 50.9 Å². The number of benzene rings is 1. The average Bonchev–Trinajstić information content (AvgIpc) is 2.62. The fraction of sp³-hybridized carbons (Fsp3) is 0.474. The molecular formula is C19H23NO7. The number of nitrogens with one attached hydrogen (secondary N) is 1. The van der Waals surface area contributed by atoms with E-state index in [9.17, 15) is 24.9 Å². The highest BCUT2D eigenvalue weighted by Gasteiger charge is 2.43. The van der Waals surface area contributed by atoms with Gasteiger partial charge in [-0.25, -0.2) is 0 Å². The number of ether oxygens (including phenoxy) is 1. The Labute approximate surface area is 156 Å². The maximum absolute atomic E-state index is 12.2. The Hall–Kier alpha value is -2.10. The number of hydrogen-bond donors (Lipinski definition) is 5. The first-order chi connectivity index (χ1) is 12.7. The van der Waals surface area contributed by atoms with Gasteiger partial charge >= 0.3 is 0 Å². The van der Waals surface area contributed by atoms with Crippen molar-refractivity contribution in [3.63, 3.8) is 0 Å². The third kappa shape index (κ3) is 3.54. The summed E-state index contributed by atoms with van der Waals surface area (Å²) in [5, 5.41) is 42.3. The number of carbonyl (C=O) groups is 2. The molecule has 1 aromatic carbocycles. The number of carbonyl (C=O) groups excluding carboxylic acids is 2. The van der Waals surface area contributed by atoms with Gasteiger partial charge in [-0.1, -0.05) is 6.07 Å². The van der Waals surface area contributed by atoms with Crippen LogP contribution in [0.1, 0.15) is 25.0 Å². The number of hydrogen-bond acceptors (Lipinski definition) is 8. The van der Waals surface area contributed by atoms with E-state index in [1.807, 2.05) is 0 Å². The third-order valence-electron chi connectivity index (χ3n) is 5.10. The lowest BCUT2D eigenvalue weighted by atomic mass is 9.83. The van der Waals surface area contributed by atoms with Crippen molar-refractivity contribution in [1.29, 1.82) is 0 Å². The second-order valence-electron chi connectivity index (χ2n) is 6.93. The molecule has 1 saturated heterocycles. The van der Waals surface area contributed by atoms with Gasteiger partial charge in [-0.2, -0.15) is 0 Å². The van der Waals surface area contributed by atoms with E-state index < -0.39 is 37.3 Å². The number of aliphatic hydroxyl groups is 4. The predicted octanol–water partition coefficient (Wildman–Crippen LogP) is -0.614. The van der Waals surface area contributed by atoms with Gasteiger partial charge in [0.05, 0.1) is 6.61 Å². The van der Waals surface area contributed by atoms with Crippen molar-refractivity contribution in [3.05, 3.63) is 34.9 Å². The molecule has 1 aromatic rings. The first kappa shape index (κ1) is 19.7. The van der Waals surface area contributed by atoms with Crippen LogP contribution in [-0.2, 0) is 20.7 Å². The summed E-state index contributed by atoms with van der Waals surface area (Å²) in [6.45, 7) is 2.51. The van der Waals surface area contributed by atoms with Gasteiger partial charge in [0.15, 0.2) is 17.9 Å². The van der Waals surface area contributed by atoms with Crippen molar-refractivity contribution < 1.29 is 34.8 Å². The molecule has 5 atom stereocenters. The molecule has 8 heteroatoms. The van der Waals surface area contributed by atoms with Gasteiger partial charge in [0.2, 0.25) is 0 Å². The van der Waals surface area contributed by atoms with Crippen molar-refractivity contribution >= 4 is 22.8 Å². The SMILES string of the molecule is CC(=O)C1=C(C)C(=O)Cc2cc(NC3[C@@H](O)OC(CO)[C@H](O)[C@H]3O)ccc21. The van der Waals surface area contributed by atoms with Crippen LogP contribution in [0.25, 0.3) is 5.57 Å². The molecule has 1 aliphatic carbocycles. The highest BCUT2D eigenvalue weighted by molar-refractivity contribution is 6.28. The van der Waals surface area contributed by atoms with Gasteiger partial charge in [0.1, 0.15) is 24.4 Å². The van der Waals surface area contributed by atoms with Crippen LogP contribution in [-0.4, -0.2) is 69.2 Å². The second-order valence-corrected chi connectivity index (χ2v) is 6.93. The van der Waals surface area contributed by atoms with Crippen molar-refractivity contribution in [2.24, 2.45) is 0 Å². The van der Waals surface area contributed by atoms with Gasteiger partial charge in [0.25, 0.3) is 0 Å². The highest BCUT2D eigenvalue weighted by atomic mass is 16.6. The molecule has 146 valence electrons. The minimum atomic E-state index is -1.45. The van der Waals surface area contributed by atoms with E-state index in [4.69, 9.17) is 9.84 Å². The molecule has 3 rings (SSSR count). The molecule has 8 nitrogen and oxygen atoms in total. The molecule has 0 radical (unpaired) electrons. The predicted molar refractivity (Wildman–Crippen MR) is 95.8 cm³/mol. The van der Waals surface area contributed by atoms with Crippen LogP contribution in [0.2, 0.25) is 0 Å². The van der Waals surface area contributed by atoms with E-state index in [2.05, 4.69) is 5.32 Å². The summed E-state index contributed by atoms with van der Waals surface area (Å²) in [5.41, 5.74) is 2.68. The number of allylic oxidation sites excluding steroid dienone is 2.